The Hall–Kier alpha value is -3.87. The van der Waals surface area contributed by atoms with E-state index in [1.807, 2.05) is 60.7 Å². The third kappa shape index (κ3) is 4.85. The van der Waals surface area contributed by atoms with E-state index in [9.17, 15) is 15.0 Å². The zero-order chi connectivity index (χ0) is 24.2. The molecule has 2 N–H and O–H groups in total. The van der Waals surface area contributed by atoms with Crippen LogP contribution in [0.2, 0.25) is 0 Å². The van der Waals surface area contributed by atoms with Gasteiger partial charge in [0.15, 0.2) is 0 Å². The molecule has 1 aliphatic heterocycles. The Balaban J connectivity index is 1.46. The maximum atomic E-state index is 12.0. The highest BCUT2D eigenvalue weighted by Crippen LogP contribution is 2.36. The number of benzene rings is 4. The molecule has 0 atom stereocenters. The van der Waals surface area contributed by atoms with E-state index in [-0.39, 0.29) is 12.2 Å². The molecule has 0 amide bonds. The third-order valence-electron chi connectivity index (χ3n) is 6.36. The number of carboxylic acid groups (broad SMARTS) is 1. The molecule has 4 aromatic carbocycles. The smallest absolute Gasteiger partial charge is 0.336 e. The molecule has 5 rings (SSSR count). The van der Waals surface area contributed by atoms with Crippen LogP contribution in [-0.4, -0.2) is 42.5 Å². The van der Waals surface area contributed by atoms with E-state index in [4.69, 9.17) is 9.47 Å². The van der Waals surface area contributed by atoms with Gasteiger partial charge in [0.2, 0.25) is 0 Å². The summed E-state index contributed by atoms with van der Waals surface area (Å²) in [6.45, 7) is 3.26. The first kappa shape index (κ1) is 22.9. The van der Waals surface area contributed by atoms with Gasteiger partial charge < -0.3 is 24.6 Å². The van der Waals surface area contributed by atoms with Gasteiger partial charge in [0.1, 0.15) is 12.4 Å². The SMILES string of the molecule is O=C(O)c1cc2cc(OCc3cccc(N4CCOCC4)c3)ccc2c(-c2ccccc2)c1CO. The Labute approximate surface area is 204 Å². The Morgan fingerprint density at radius 2 is 1.74 bits per heavy atom. The van der Waals surface area contributed by atoms with Crippen molar-refractivity contribution in [2.75, 3.05) is 31.2 Å². The highest BCUT2D eigenvalue weighted by atomic mass is 16.5. The summed E-state index contributed by atoms with van der Waals surface area (Å²) in [5.41, 5.74) is 4.30. The van der Waals surface area contributed by atoms with Crippen molar-refractivity contribution in [3.05, 3.63) is 95.6 Å². The second-order valence-corrected chi connectivity index (χ2v) is 8.55. The van der Waals surface area contributed by atoms with Gasteiger partial charge in [0, 0.05) is 24.3 Å². The molecule has 1 saturated heterocycles. The maximum absolute atomic E-state index is 12.0. The van der Waals surface area contributed by atoms with E-state index in [1.165, 1.54) is 0 Å². The van der Waals surface area contributed by atoms with Crippen molar-refractivity contribution in [1.29, 1.82) is 0 Å². The molecule has 0 unspecified atom stereocenters. The van der Waals surface area contributed by atoms with Crippen molar-refractivity contribution >= 4 is 22.4 Å². The van der Waals surface area contributed by atoms with E-state index in [0.717, 1.165) is 59.5 Å². The molecule has 178 valence electrons. The number of rotatable bonds is 7. The molecular weight excluding hydrogens is 442 g/mol. The first-order chi connectivity index (χ1) is 17.1. The quantitative estimate of drug-likeness (QED) is 0.392. The van der Waals surface area contributed by atoms with Gasteiger partial charge >= 0.3 is 5.97 Å². The number of hydrogen-bond acceptors (Lipinski definition) is 5. The lowest BCUT2D eigenvalue weighted by atomic mass is 9.90. The first-order valence-electron chi connectivity index (χ1n) is 11.7. The van der Waals surface area contributed by atoms with Crippen LogP contribution < -0.4 is 9.64 Å². The van der Waals surface area contributed by atoms with Crippen LogP contribution in [0.4, 0.5) is 5.69 Å². The minimum atomic E-state index is -1.07. The molecule has 0 saturated carbocycles. The molecule has 6 nitrogen and oxygen atoms in total. The predicted molar refractivity (Wildman–Crippen MR) is 136 cm³/mol. The predicted octanol–water partition coefficient (Wildman–Crippen LogP) is 5.11. The number of fused-ring (bicyclic) bond motifs is 1. The molecule has 0 spiro atoms. The number of carboxylic acids is 1. The Morgan fingerprint density at radius 3 is 2.49 bits per heavy atom. The minimum absolute atomic E-state index is 0.0919. The van der Waals surface area contributed by atoms with Crippen LogP contribution in [0.1, 0.15) is 21.5 Å². The van der Waals surface area contributed by atoms with E-state index in [2.05, 4.69) is 17.0 Å². The number of morpholine rings is 1. The Kier molecular flexibility index (Phi) is 6.66. The molecular formula is C29H27NO5. The Morgan fingerprint density at radius 1 is 0.943 bits per heavy atom. The first-order valence-corrected chi connectivity index (χ1v) is 11.7. The average molecular weight is 470 g/mol. The summed E-state index contributed by atoms with van der Waals surface area (Å²) < 4.78 is 11.6. The summed E-state index contributed by atoms with van der Waals surface area (Å²) in [4.78, 5) is 14.3. The van der Waals surface area contributed by atoms with Crippen molar-refractivity contribution in [3.63, 3.8) is 0 Å². The number of ether oxygens (including phenoxy) is 2. The van der Waals surface area contributed by atoms with E-state index < -0.39 is 5.97 Å². The molecule has 4 aromatic rings. The van der Waals surface area contributed by atoms with Crippen LogP contribution in [0.25, 0.3) is 21.9 Å². The van der Waals surface area contributed by atoms with E-state index >= 15 is 0 Å². The van der Waals surface area contributed by atoms with Crippen molar-refractivity contribution in [2.24, 2.45) is 0 Å². The van der Waals surface area contributed by atoms with Crippen molar-refractivity contribution in [3.8, 4) is 16.9 Å². The number of aliphatic hydroxyl groups is 1. The number of anilines is 1. The monoisotopic (exact) mass is 469 g/mol. The van der Waals surface area contributed by atoms with Gasteiger partial charge in [-0.2, -0.15) is 0 Å². The van der Waals surface area contributed by atoms with Gasteiger partial charge in [0.25, 0.3) is 0 Å². The van der Waals surface area contributed by atoms with Crippen LogP contribution in [0, 0.1) is 0 Å². The van der Waals surface area contributed by atoms with Gasteiger partial charge in [0.05, 0.1) is 25.4 Å². The lowest BCUT2D eigenvalue weighted by Crippen LogP contribution is -2.36. The number of aliphatic hydroxyl groups excluding tert-OH is 1. The van der Waals surface area contributed by atoms with Gasteiger partial charge in [-0.15, -0.1) is 0 Å². The molecule has 1 heterocycles. The number of hydrogen-bond donors (Lipinski definition) is 2. The van der Waals surface area contributed by atoms with Gasteiger partial charge in [-0.05, 0) is 57.8 Å². The summed E-state index contributed by atoms with van der Waals surface area (Å²) in [6.07, 6.45) is 0. The van der Waals surface area contributed by atoms with Crippen LogP contribution in [0.15, 0.2) is 78.9 Å². The summed E-state index contributed by atoms with van der Waals surface area (Å²) in [7, 11) is 0. The van der Waals surface area contributed by atoms with Gasteiger partial charge in [-0.25, -0.2) is 4.79 Å². The topological polar surface area (TPSA) is 79.2 Å². The minimum Gasteiger partial charge on any atom is -0.489 e. The molecule has 35 heavy (non-hydrogen) atoms. The molecule has 0 bridgehead atoms. The fraction of sp³-hybridized carbons (Fsp3) is 0.207. The number of nitrogens with zero attached hydrogens (tertiary/aromatic N) is 1. The van der Waals surface area contributed by atoms with Crippen molar-refractivity contribution < 1.29 is 24.5 Å². The number of carbonyl (C=O) groups is 1. The summed E-state index contributed by atoms with van der Waals surface area (Å²) in [6, 6.07) is 25.2. The van der Waals surface area contributed by atoms with E-state index in [0.29, 0.717) is 17.9 Å². The van der Waals surface area contributed by atoms with Gasteiger partial charge in [-0.3, -0.25) is 0 Å². The lowest BCUT2D eigenvalue weighted by molar-refractivity contribution is 0.0693. The maximum Gasteiger partial charge on any atom is 0.336 e. The Bertz CT molecular complexity index is 1350. The van der Waals surface area contributed by atoms with Crippen molar-refractivity contribution in [1.82, 2.24) is 0 Å². The fourth-order valence-corrected chi connectivity index (χ4v) is 4.64. The standard InChI is InChI=1S/C29H27NO5/c31-18-27-26(29(32)33)17-22-16-24(9-10-25(22)28(27)21-6-2-1-3-7-21)35-19-20-5-4-8-23(15-20)30-11-13-34-14-12-30/h1-10,15-17,31H,11-14,18-19H2,(H,32,33). The van der Waals surface area contributed by atoms with Crippen LogP contribution in [0.3, 0.4) is 0 Å². The van der Waals surface area contributed by atoms with Gasteiger partial charge in [-0.1, -0.05) is 48.5 Å². The molecule has 6 heteroatoms. The number of aromatic carboxylic acids is 1. The lowest BCUT2D eigenvalue weighted by Gasteiger charge is -2.29. The normalized spacial score (nSPS) is 13.7. The molecule has 1 fully saturated rings. The molecule has 0 aliphatic carbocycles. The average Bonchev–Trinajstić information content (AvgIpc) is 2.91. The zero-order valence-electron chi connectivity index (χ0n) is 19.3. The molecule has 0 aromatic heterocycles. The summed E-state index contributed by atoms with van der Waals surface area (Å²) >= 11 is 0. The van der Waals surface area contributed by atoms with Crippen LogP contribution in [-0.2, 0) is 18.0 Å². The largest absolute Gasteiger partial charge is 0.489 e. The molecule has 1 aliphatic rings. The van der Waals surface area contributed by atoms with Crippen LogP contribution in [0.5, 0.6) is 5.75 Å². The fourth-order valence-electron chi connectivity index (χ4n) is 4.64. The van der Waals surface area contributed by atoms with Crippen LogP contribution >= 0.6 is 0 Å². The highest BCUT2D eigenvalue weighted by molar-refractivity contribution is 6.05. The third-order valence-corrected chi connectivity index (χ3v) is 6.36. The summed E-state index contributed by atoms with van der Waals surface area (Å²) in [5.74, 6) is -0.416. The van der Waals surface area contributed by atoms with E-state index in [1.54, 1.807) is 6.07 Å². The zero-order valence-corrected chi connectivity index (χ0v) is 19.3. The highest BCUT2D eigenvalue weighted by Gasteiger charge is 2.19. The second-order valence-electron chi connectivity index (χ2n) is 8.55. The second kappa shape index (κ2) is 10.2. The van der Waals surface area contributed by atoms with Crippen molar-refractivity contribution in [2.45, 2.75) is 13.2 Å². The molecule has 0 radical (unpaired) electrons. The summed E-state index contributed by atoms with van der Waals surface area (Å²) in [5, 5.41) is 21.5.